The predicted molar refractivity (Wildman–Crippen MR) is 121 cm³/mol. The molecule has 2 amide bonds. The Bertz CT molecular complexity index is 901. The Morgan fingerprint density at radius 2 is 1.66 bits per heavy atom. The first-order valence-corrected chi connectivity index (χ1v) is 11.1. The van der Waals surface area contributed by atoms with Gasteiger partial charge >= 0.3 is 0 Å². The van der Waals surface area contributed by atoms with E-state index in [1.807, 2.05) is 39.0 Å². The average molecular weight is 413 g/mol. The van der Waals surface area contributed by atoms with Gasteiger partial charge in [-0.1, -0.05) is 39.0 Å². The van der Waals surface area contributed by atoms with Crippen LogP contribution in [0, 0.1) is 11.3 Å². The molecule has 1 aliphatic carbocycles. The summed E-state index contributed by atoms with van der Waals surface area (Å²) in [6.45, 7) is 12.8. The average Bonchev–Trinajstić information content (AvgIpc) is 2.97. The fourth-order valence-electron chi connectivity index (χ4n) is 3.82. The lowest BCUT2D eigenvalue weighted by Gasteiger charge is -2.34. The molecule has 0 saturated heterocycles. The molecule has 4 nitrogen and oxygen atoms in total. The standard InChI is InChI=1S/C24H32N2O2S/c1-23(2,3)16-12-13-17-18(14-16)29-22(19(17)21(28)26-24(4,5)6)25-20(27)15-10-8-7-9-11-15/h7-11,16H,12-14H2,1-6H3,(H,25,27)(H,26,28). The molecule has 0 saturated carbocycles. The number of amides is 2. The van der Waals surface area contributed by atoms with Gasteiger partial charge in [0.2, 0.25) is 0 Å². The molecule has 2 aromatic rings. The number of rotatable bonds is 3. The van der Waals surface area contributed by atoms with Crippen molar-refractivity contribution < 1.29 is 9.59 Å². The second kappa shape index (κ2) is 7.94. The van der Waals surface area contributed by atoms with Gasteiger partial charge in [-0.05, 0) is 69.1 Å². The molecule has 1 aliphatic rings. The van der Waals surface area contributed by atoms with Crippen molar-refractivity contribution in [3.63, 3.8) is 0 Å². The zero-order valence-corrected chi connectivity index (χ0v) is 19.1. The van der Waals surface area contributed by atoms with Crippen molar-refractivity contribution in [1.29, 1.82) is 0 Å². The van der Waals surface area contributed by atoms with Crippen molar-refractivity contribution in [3.8, 4) is 0 Å². The fourth-order valence-corrected chi connectivity index (χ4v) is 5.14. The molecule has 0 aliphatic heterocycles. The van der Waals surface area contributed by atoms with E-state index >= 15 is 0 Å². The Hall–Kier alpha value is -2.14. The second-order valence-electron chi connectivity index (χ2n) is 10.0. The van der Waals surface area contributed by atoms with Crippen LogP contribution in [-0.2, 0) is 12.8 Å². The van der Waals surface area contributed by atoms with Gasteiger partial charge in [-0.25, -0.2) is 0 Å². The van der Waals surface area contributed by atoms with E-state index in [4.69, 9.17) is 0 Å². The molecule has 1 aromatic carbocycles. The highest BCUT2D eigenvalue weighted by atomic mass is 32.1. The normalized spacial score (nSPS) is 16.8. The van der Waals surface area contributed by atoms with Crippen LogP contribution in [0.2, 0.25) is 0 Å². The quantitative estimate of drug-likeness (QED) is 0.681. The first-order chi connectivity index (χ1) is 13.5. The molecule has 3 rings (SSSR count). The van der Waals surface area contributed by atoms with Crippen LogP contribution in [0.3, 0.4) is 0 Å². The molecule has 0 bridgehead atoms. The highest BCUT2D eigenvalue weighted by Gasteiger charge is 2.34. The maximum absolute atomic E-state index is 13.2. The van der Waals surface area contributed by atoms with Crippen molar-refractivity contribution >= 4 is 28.2 Å². The number of nitrogens with one attached hydrogen (secondary N) is 2. The largest absolute Gasteiger partial charge is 0.347 e. The lowest BCUT2D eigenvalue weighted by atomic mass is 9.72. The SMILES string of the molecule is CC(C)(C)NC(=O)c1c(NC(=O)c2ccccc2)sc2c1CCC(C(C)(C)C)C2. The minimum absolute atomic E-state index is 0.104. The van der Waals surface area contributed by atoms with Gasteiger partial charge in [0.25, 0.3) is 11.8 Å². The zero-order valence-electron chi connectivity index (χ0n) is 18.3. The van der Waals surface area contributed by atoms with Crippen LogP contribution in [0.5, 0.6) is 0 Å². The maximum atomic E-state index is 13.2. The predicted octanol–water partition coefficient (Wildman–Crippen LogP) is 5.68. The monoisotopic (exact) mass is 412 g/mol. The van der Waals surface area contributed by atoms with Gasteiger partial charge in [0, 0.05) is 16.0 Å². The molecule has 1 aromatic heterocycles. The van der Waals surface area contributed by atoms with Crippen molar-refractivity contribution in [2.24, 2.45) is 11.3 Å². The van der Waals surface area contributed by atoms with Crippen LogP contribution in [-0.4, -0.2) is 17.4 Å². The van der Waals surface area contributed by atoms with Crippen LogP contribution >= 0.6 is 11.3 Å². The number of anilines is 1. The van der Waals surface area contributed by atoms with E-state index in [9.17, 15) is 9.59 Å². The summed E-state index contributed by atoms with van der Waals surface area (Å²) in [6.07, 6.45) is 2.90. The summed E-state index contributed by atoms with van der Waals surface area (Å²) < 4.78 is 0. The Kier molecular flexibility index (Phi) is 5.91. The van der Waals surface area contributed by atoms with E-state index in [-0.39, 0.29) is 22.8 Å². The molecule has 0 radical (unpaired) electrons. The first-order valence-electron chi connectivity index (χ1n) is 10.3. The summed E-state index contributed by atoms with van der Waals surface area (Å²) in [5.41, 5.74) is 2.24. The van der Waals surface area contributed by atoms with E-state index in [0.717, 1.165) is 24.8 Å². The molecular formula is C24H32N2O2S. The van der Waals surface area contributed by atoms with E-state index in [2.05, 4.69) is 31.4 Å². The molecule has 1 unspecified atom stereocenters. The first kappa shape index (κ1) is 21.6. The molecule has 5 heteroatoms. The van der Waals surface area contributed by atoms with Gasteiger partial charge in [-0.2, -0.15) is 0 Å². The lowest BCUT2D eigenvalue weighted by Crippen LogP contribution is -2.41. The molecule has 1 atom stereocenters. The lowest BCUT2D eigenvalue weighted by molar-refractivity contribution is 0.0919. The molecule has 2 N–H and O–H groups in total. The minimum Gasteiger partial charge on any atom is -0.347 e. The van der Waals surface area contributed by atoms with E-state index < -0.39 is 0 Å². The number of carbonyl (C=O) groups is 2. The van der Waals surface area contributed by atoms with Gasteiger partial charge in [0.1, 0.15) is 5.00 Å². The number of fused-ring (bicyclic) bond motifs is 1. The molecule has 156 valence electrons. The second-order valence-corrected chi connectivity index (χ2v) is 11.1. The summed E-state index contributed by atoms with van der Waals surface area (Å²) in [6, 6.07) is 9.14. The van der Waals surface area contributed by atoms with Crippen LogP contribution in [0.25, 0.3) is 0 Å². The number of benzene rings is 1. The minimum atomic E-state index is -0.338. The third-order valence-corrected chi connectivity index (χ3v) is 6.64. The third kappa shape index (κ3) is 5.08. The number of hydrogen-bond acceptors (Lipinski definition) is 3. The number of thiophene rings is 1. The molecule has 29 heavy (non-hydrogen) atoms. The van der Waals surface area contributed by atoms with Gasteiger partial charge < -0.3 is 10.6 Å². The molecule has 0 fully saturated rings. The van der Waals surface area contributed by atoms with E-state index in [1.54, 1.807) is 23.5 Å². The molecule has 1 heterocycles. The van der Waals surface area contributed by atoms with Crippen molar-refractivity contribution in [2.75, 3.05) is 5.32 Å². The summed E-state index contributed by atoms with van der Waals surface area (Å²) in [7, 11) is 0. The summed E-state index contributed by atoms with van der Waals surface area (Å²) in [5.74, 6) is 0.291. The van der Waals surface area contributed by atoms with E-state index in [1.165, 1.54) is 4.88 Å². The highest BCUT2D eigenvalue weighted by Crippen LogP contribution is 2.44. The smallest absolute Gasteiger partial charge is 0.256 e. The fraction of sp³-hybridized carbons (Fsp3) is 0.500. The summed E-state index contributed by atoms with van der Waals surface area (Å²) in [4.78, 5) is 27.2. The maximum Gasteiger partial charge on any atom is 0.256 e. The van der Waals surface area contributed by atoms with Gasteiger partial charge in [0.05, 0.1) is 5.56 Å². The Morgan fingerprint density at radius 1 is 1.00 bits per heavy atom. The number of carbonyl (C=O) groups excluding carboxylic acids is 2. The third-order valence-electron chi connectivity index (χ3n) is 5.47. The van der Waals surface area contributed by atoms with Crippen molar-refractivity contribution in [1.82, 2.24) is 5.32 Å². The topological polar surface area (TPSA) is 58.2 Å². The van der Waals surface area contributed by atoms with Crippen molar-refractivity contribution in [2.45, 2.75) is 66.3 Å². The van der Waals surface area contributed by atoms with Gasteiger partial charge in [0.15, 0.2) is 0 Å². The Morgan fingerprint density at radius 3 is 2.24 bits per heavy atom. The highest BCUT2D eigenvalue weighted by molar-refractivity contribution is 7.17. The molecular weight excluding hydrogens is 380 g/mol. The van der Waals surface area contributed by atoms with Gasteiger partial charge in [-0.15, -0.1) is 11.3 Å². The molecule has 0 spiro atoms. The van der Waals surface area contributed by atoms with Crippen LogP contribution < -0.4 is 10.6 Å². The van der Waals surface area contributed by atoms with Crippen LogP contribution in [0.1, 0.15) is 79.1 Å². The Labute approximate surface area is 178 Å². The number of hydrogen-bond donors (Lipinski definition) is 2. The zero-order chi connectivity index (χ0) is 21.4. The van der Waals surface area contributed by atoms with Gasteiger partial charge in [-0.3, -0.25) is 9.59 Å². The summed E-state index contributed by atoms with van der Waals surface area (Å²) >= 11 is 1.57. The summed E-state index contributed by atoms with van der Waals surface area (Å²) in [5, 5.41) is 6.77. The van der Waals surface area contributed by atoms with Crippen molar-refractivity contribution in [3.05, 3.63) is 51.9 Å². The van der Waals surface area contributed by atoms with E-state index in [0.29, 0.717) is 22.0 Å². The van der Waals surface area contributed by atoms with Crippen LogP contribution in [0.4, 0.5) is 5.00 Å². The Balaban J connectivity index is 1.97. The van der Waals surface area contributed by atoms with Crippen LogP contribution in [0.15, 0.2) is 30.3 Å².